The van der Waals surface area contributed by atoms with Gasteiger partial charge in [-0.25, -0.2) is 0 Å². The van der Waals surface area contributed by atoms with Crippen LogP contribution in [0.3, 0.4) is 0 Å². The lowest BCUT2D eigenvalue weighted by atomic mass is 9.99. The number of pyridine rings is 1. The molecule has 0 aliphatic carbocycles. The molecular formula is C22H16ClN5O. The molecule has 0 atom stereocenters. The summed E-state index contributed by atoms with van der Waals surface area (Å²) in [4.78, 5) is 17.7. The first-order valence-electron chi connectivity index (χ1n) is 9.15. The molecule has 5 rings (SSSR count). The number of anilines is 1. The molecule has 3 heterocycles. The van der Waals surface area contributed by atoms with E-state index in [1.54, 1.807) is 16.9 Å². The summed E-state index contributed by atoms with van der Waals surface area (Å²) in [6, 6.07) is 15.9. The van der Waals surface area contributed by atoms with Crippen LogP contribution in [0.2, 0.25) is 5.02 Å². The van der Waals surface area contributed by atoms with E-state index in [1.807, 2.05) is 55.5 Å². The van der Waals surface area contributed by atoms with E-state index in [2.05, 4.69) is 20.5 Å². The molecular weight excluding hydrogens is 386 g/mol. The molecule has 29 heavy (non-hydrogen) atoms. The van der Waals surface area contributed by atoms with Gasteiger partial charge in [0.15, 0.2) is 5.65 Å². The van der Waals surface area contributed by atoms with E-state index in [4.69, 9.17) is 11.6 Å². The van der Waals surface area contributed by atoms with Crippen molar-refractivity contribution < 1.29 is 4.79 Å². The Hall–Kier alpha value is -3.51. The topological polar surface area (TPSA) is 71.7 Å². The van der Waals surface area contributed by atoms with E-state index in [-0.39, 0.29) is 5.91 Å². The zero-order valence-corrected chi connectivity index (χ0v) is 16.3. The van der Waals surface area contributed by atoms with Crippen molar-refractivity contribution in [1.82, 2.24) is 14.6 Å². The van der Waals surface area contributed by atoms with E-state index in [1.165, 1.54) is 0 Å². The number of carbonyl (C=O) groups excluding carboxylic acids is 1. The predicted molar refractivity (Wildman–Crippen MR) is 113 cm³/mol. The van der Waals surface area contributed by atoms with E-state index in [9.17, 15) is 4.79 Å². The molecule has 0 spiro atoms. The number of halogens is 1. The number of amides is 1. The molecule has 0 unspecified atom stereocenters. The maximum absolute atomic E-state index is 13.0. The van der Waals surface area contributed by atoms with Gasteiger partial charge in [-0.15, -0.1) is 10.2 Å². The maximum Gasteiger partial charge on any atom is 0.257 e. The predicted octanol–water partition coefficient (Wildman–Crippen LogP) is 4.29. The minimum atomic E-state index is -0.283. The van der Waals surface area contributed by atoms with Gasteiger partial charge in [-0.1, -0.05) is 48.0 Å². The lowest BCUT2D eigenvalue weighted by Crippen LogP contribution is -2.15. The Balaban J connectivity index is 1.48. The van der Waals surface area contributed by atoms with Crippen molar-refractivity contribution in [2.75, 3.05) is 5.32 Å². The summed E-state index contributed by atoms with van der Waals surface area (Å²) >= 11 is 6.37. The Morgan fingerprint density at radius 2 is 2.00 bits per heavy atom. The van der Waals surface area contributed by atoms with Gasteiger partial charge in [0.05, 0.1) is 22.8 Å². The molecule has 1 aliphatic heterocycles. The van der Waals surface area contributed by atoms with E-state index >= 15 is 0 Å². The number of fused-ring (bicyclic) bond motifs is 2. The van der Waals surface area contributed by atoms with Crippen LogP contribution in [0.1, 0.15) is 32.6 Å². The number of aromatic nitrogens is 3. The van der Waals surface area contributed by atoms with E-state index in [0.29, 0.717) is 34.0 Å². The first kappa shape index (κ1) is 17.6. The van der Waals surface area contributed by atoms with Gasteiger partial charge in [0, 0.05) is 28.6 Å². The average Bonchev–Trinajstić information content (AvgIpc) is 3.35. The van der Waals surface area contributed by atoms with Gasteiger partial charge in [-0.2, -0.15) is 0 Å². The maximum atomic E-state index is 13.0. The number of aliphatic imine (C=N–C) groups is 1. The van der Waals surface area contributed by atoms with Crippen LogP contribution in [0, 0.1) is 6.92 Å². The van der Waals surface area contributed by atoms with Crippen molar-refractivity contribution in [3.05, 3.63) is 93.9 Å². The van der Waals surface area contributed by atoms with Crippen LogP contribution in [0.4, 0.5) is 5.69 Å². The number of aryl methyl sites for hydroxylation is 1. The highest BCUT2D eigenvalue weighted by atomic mass is 35.5. The third-order valence-electron chi connectivity index (χ3n) is 5.08. The second-order valence-corrected chi connectivity index (χ2v) is 7.30. The van der Waals surface area contributed by atoms with E-state index in [0.717, 1.165) is 22.4 Å². The van der Waals surface area contributed by atoms with Gasteiger partial charge in [0.1, 0.15) is 6.33 Å². The average molecular weight is 402 g/mol. The second-order valence-electron chi connectivity index (χ2n) is 6.90. The Kier molecular flexibility index (Phi) is 4.14. The number of hydrogen-bond donors (Lipinski definition) is 1. The van der Waals surface area contributed by atoms with Gasteiger partial charge < -0.3 is 5.32 Å². The zero-order valence-electron chi connectivity index (χ0n) is 15.6. The van der Waals surface area contributed by atoms with Gasteiger partial charge in [0.25, 0.3) is 5.91 Å². The highest BCUT2D eigenvalue weighted by molar-refractivity contribution is 6.34. The number of nitrogens with zero attached hydrogens (tertiary/aromatic N) is 4. The minimum absolute atomic E-state index is 0.283. The largest absolute Gasteiger partial charge is 0.322 e. The van der Waals surface area contributed by atoms with Crippen molar-refractivity contribution in [3.8, 4) is 0 Å². The third-order valence-corrected chi connectivity index (χ3v) is 5.37. The standard InChI is InChI=1S/C22H16ClN5O/c1-13-19(18(23)11-28-12-25-27-21(13)28)22(29)26-16-8-7-15-10-24-20(17(15)9-16)14-5-3-2-4-6-14/h2-9,11-12H,10H2,1H3,(H,26,29). The SMILES string of the molecule is Cc1c(C(=O)Nc2ccc3c(c2)C(c2ccccc2)=NC3)c(Cl)cn2cnnc12. The summed E-state index contributed by atoms with van der Waals surface area (Å²) in [6.07, 6.45) is 3.20. The summed E-state index contributed by atoms with van der Waals surface area (Å²) in [6.45, 7) is 2.45. The van der Waals surface area contributed by atoms with Crippen LogP contribution in [-0.4, -0.2) is 26.2 Å². The quantitative estimate of drug-likeness (QED) is 0.556. The Bertz CT molecular complexity index is 1290. The third kappa shape index (κ3) is 2.98. The van der Waals surface area contributed by atoms with Crippen LogP contribution in [0.25, 0.3) is 5.65 Å². The van der Waals surface area contributed by atoms with Crippen molar-refractivity contribution in [1.29, 1.82) is 0 Å². The fourth-order valence-corrected chi connectivity index (χ4v) is 3.99. The fraction of sp³-hybridized carbons (Fsp3) is 0.0909. The minimum Gasteiger partial charge on any atom is -0.322 e. The lowest BCUT2D eigenvalue weighted by Gasteiger charge is -2.12. The molecule has 6 nitrogen and oxygen atoms in total. The molecule has 1 N–H and O–H groups in total. The molecule has 1 amide bonds. The first-order valence-corrected chi connectivity index (χ1v) is 9.52. The van der Waals surface area contributed by atoms with Crippen LogP contribution in [-0.2, 0) is 6.54 Å². The summed E-state index contributed by atoms with van der Waals surface area (Å²) in [5.41, 5.74) is 6.54. The molecule has 0 saturated carbocycles. The Morgan fingerprint density at radius 3 is 2.83 bits per heavy atom. The molecule has 4 aromatic rings. The van der Waals surface area contributed by atoms with Gasteiger partial charge in [-0.3, -0.25) is 14.2 Å². The smallest absolute Gasteiger partial charge is 0.257 e. The van der Waals surface area contributed by atoms with Gasteiger partial charge >= 0.3 is 0 Å². The summed E-state index contributed by atoms with van der Waals surface area (Å²) in [7, 11) is 0. The highest BCUT2D eigenvalue weighted by Crippen LogP contribution is 2.28. The van der Waals surface area contributed by atoms with Crippen molar-refractivity contribution in [3.63, 3.8) is 0 Å². The Labute approximate surface area is 171 Å². The molecule has 1 aliphatic rings. The molecule has 142 valence electrons. The summed E-state index contributed by atoms with van der Waals surface area (Å²) < 4.78 is 1.70. The summed E-state index contributed by atoms with van der Waals surface area (Å²) in [5, 5.41) is 11.2. The molecule has 0 fully saturated rings. The lowest BCUT2D eigenvalue weighted by molar-refractivity contribution is 0.102. The normalized spacial score (nSPS) is 12.7. The molecule has 7 heteroatoms. The first-order chi connectivity index (χ1) is 14.1. The monoisotopic (exact) mass is 401 g/mol. The number of carbonyl (C=O) groups is 1. The van der Waals surface area contributed by atoms with Crippen molar-refractivity contribution in [2.24, 2.45) is 4.99 Å². The van der Waals surface area contributed by atoms with Crippen molar-refractivity contribution >= 4 is 34.6 Å². The van der Waals surface area contributed by atoms with Crippen LogP contribution in [0.15, 0.2) is 66.0 Å². The number of benzene rings is 2. The zero-order chi connectivity index (χ0) is 20.0. The van der Waals surface area contributed by atoms with Crippen LogP contribution < -0.4 is 5.32 Å². The highest BCUT2D eigenvalue weighted by Gasteiger charge is 2.21. The molecule has 2 aromatic carbocycles. The molecule has 0 saturated heterocycles. The second kappa shape index (κ2) is 6.83. The Morgan fingerprint density at radius 1 is 1.17 bits per heavy atom. The molecule has 0 bridgehead atoms. The van der Waals surface area contributed by atoms with Crippen LogP contribution >= 0.6 is 11.6 Å². The van der Waals surface area contributed by atoms with Crippen LogP contribution in [0.5, 0.6) is 0 Å². The number of nitrogens with one attached hydrogen (secondary N) is 1. The number of rotatable bonds is 3. The van der Waals surface area contributed by atoms with Crippen molar-refractivity contribution in [2.45, 2.75) is 13.5 Å². The van der Waals surface area contributed by atoms with Gasteiger partial charge in [0.2, 0.25) is 0 Å². The number of hydrogen-bond acceptors (Lipinski definition) is 4. The summed E-state index contributed by atoms with van der Waals surface area (Å²) in [5.74, 6) is -0.283. The van der Waals surface area contributed by atoms with E-state index < -0.39 is 0 Å². The van der Waals surface area contributed by atoms with Gasteiger partial charge in [-0.05, 0) is 24.6 Å². The molecule has 0 radical (unpaired) electrons. The fourth-order valence-electron chi connectivity index (χ4n) is 3.66. The molecule has 2 aromatic heterocycles.